The molecule has 0 bridgehead atoms. The summed E-state index contributed by atoms with van der Waals surface area (Å²) in [4.78, 5) is 2.09. The van der Waals surface area contributed by atoms with Crippen LogP contribution >= 0.6 is 0 Å². The maximum atomic E-state index is 9.98. The fourth-order valence-corrected chi connectivity index (χ4v) is 3.88. The summed E-state index contributed by atoms with van der Waals surface area (Å²) < 4.78 is 32.7. The first-order chi connectivity index (χ1) is 12.9. The molecule has 2 fully saturated rings. The Morgan fingerprint density at radius 3 is 2.72 bits per heavy atom. The van der Waals surface area contributed by atoms with Gasteiger partial charge in [-0.15, -0.1) is 0 Å². The molecule has 1 unspecified atom stereocenters. The molecule has 1 N–H and O–H groups in total. The maximum Gasteiger partial charge on any atom is 0.160 e. The number of ether oxygens (including phenoxy) is 3. The molecule has 3 atom stereocenters. The van der Waals surface area contributed by atoms with Crippen LogP contribution < -0.4 is 9.47 Å². The highest BCUT2D eigenvalue weighted by Crippen LogP contribution is 2.30. The fourth-order valence-electron chi connectivity index (χ4n) is 3.88. The van der Waals surface area contributed by atoms with Gasteiger partial charge in [-0.25, -0.2) is 0 Å². The molecule has 3 rings (SSSR count). The number of methoxy groups -OCH3 is 2. The van der Waals surface area contributed by atoms with Gasteiger partial charge in [0.25, 0.3) is 0 Å². The molecule has 1 aliphatic carbocycles. The standard InChI is InChI=1S/C20H31NO4/c1-23-19-8-7-15(13-20(19)24-2)10-12-25-18-6-4-3-5-17(18)21-11-9-16(22)14-21/h7-8,13,16-18,22H,3-6,9-12,14H2,1-2H3/t16-,17-,18?/m1/s1/i9D2. The topological polar surface area (TPSA) is 51.2 Å². The van der Waals surface area contributed by atoms with Gasteiger partial charge in [-0.3, -0.25) is 4.90 Å². The Morgan fingerprint density at radius 1 is 1.20 bits per heavy atom. The molecular weight excluding hydrogens is 318 g/mol. The normalized spacial score (nSPS) is 30.6. The van der Waals surface area contributed by atoms with Crippen LogP contribution in [0.5, 0.6) is 11.5 Å². The predicted molar refractivity (Wildman–Crippen MR) is 97.4 cm³/mol. The van der Waals surface area contributed by atoms with E-state index >= 15 is 0 Å². The van der Waals surface area contributed by atoms with Crippen molar-refractivity contribution in [2.45, 2.75) is 56.7 Å². The first-order valence-corrected chi connectivity index (χ1v) is 9.19. The lowest BCUT2D eigenvalue weighted by Gasteiger charge is -2.37. The van der Waals surface area contributed by atoms with E-state index in [4.69, 9.17) is 17.0 Å². The smallest absolute Gasteiger partial charge is 0.160 e. The number of rotatable bonds is 7. The quantitative estimate of drug-likeness (QED) is 0.818. The Labute approximate surface area is 153 Å². The largest absolute Gasteiger partial charge is 0.493 e. The van der Waals surface area contributed by atoms with E-state index in [-0.39, 0.29) is 18.7 Å². The van der Waals surface area contributed by atoms with E-state index in [0.29, 0.717) is 13.2 Å². The Hall–Kier alpha value is -1.30. The average Bonchev–Trinajstić information content (AvgIpc) is 2.94. The lowest BCUT2D eigenvalue weighted by molar-refractivity contribution is -0.0316. The van der Waals surface area contributed by atoms with Gasteiger partial charge in [-0.2, -0.15) is 0 Å². The molecule has 140 valence electrons. The van der Waals surface area contributed by atoms with Crippen LogP contribution in [-0.4, -0.2) is 62.2 Å². The molecule has 0 aromatic heterocycles. The Bertz CT molecular complexity index is 628. The van der Waals surface area contributed by atoms with E-state index in [1.165, 1.54) is 0 Å². The summed E-state index contributed by atoms with van der Waals surface area (Å²) in [6, 6.07) is 6.10. The first-order valence-electron chi connectivity index (χ1n) is 10.2. The van der Waals surface area contributed by atoms with Crippen LogP contribution in [0.15, 0.2) is 18.2 Å². The molecule has 1 saturated heterocycles. The van der Waals surface area contributed by atoms with Gasteiger partial charge in [0.05, 0.1) is 33.0 Å². The molecule has 0 spiro atoms. The van der Waals surface area contributed by atoms with Crippen molar-refractivity contribution in [3.8, 4) is 11.5 Å². The van der Waals surface area contributed by atoms with Gasteiger partial charge in [-0.1, -0.05) is 18.9 Å². The Balaban J connectivity index is 1.56. The second-order valence-electron chi connectivity index (χ2n) is 6.85. The summed E-state index contributed by atoms with van der Waals surface area (Å²) in [6.07, 6.45) is 2.72. The third-order valence-corrected chi connectivity index (χ3v) is 5.24. The number of hydrogen-bond donors (Lipinski definition) is 1. The number of aliphatic hydroxyl groups is 1. The molecule has 1 heterocycles. The zero-order chi connectivity index (χ0) is 19.4. The minimum atomic E-state index is -1.53. The van der Waals surface area contributed by atoms with Crippen LogP contribution in [0.2, 0.25) is 0 Å². The number of nitrogens with zero attached hydrogens (tertiary/aromatic N) is 1. The molecular formula is C20H31NO4. The molecule has 2 aliphatic rings. The zero-order valence-corrected chi connectivity index (χ0v) is 15.2. The van der Waals surface area contributed by atoms with Crippen LogP contribution in [0.25, 0.3) is 0 Å². The van der Waals surface area contributed by atoms with Crippen LogP contribution in [0, 0.1) is 0 Å². The van der Waals surface area contributed by atoms with E-state index in [1.807, 2.05) is 18.2 Å². The molecule has 1 saturated carbocycles. The van der Waals surface area contributed by atoms with Gasteiger partial charge in [0.15, 0.2) is 11.5 Å². The van der Waals surface area contributed by atoms with Gasteiger partial charge in [0.1, 0.15) is 0 Å². The number of aliphatic hydroxyl groups excluding tert-OH is 1. The summed E-state index contributed by atoms with van der Waals surface area (Å²) in [6.45, 7) is 1.29. The molecule has 5 heteroatoms. The molecule has 25 heavy (non-hydrogen) atoms. The second-order valence-corrected chi connectivity index (χ2v) is 6.85. The predicted octanol–water partition coefficient (Wildman–Crippen LogP) is 2.64. The van der Waals surface area contributed by atoms with Crippen LogP contribution in [0.3, 0.4) is 0 Å². The van der Waals surface area contributed by atoms with Gasteiger partial charge in [0, 0.05) is 21.9 Å². The highest BCUT2D eigenvalue weighted by Gasteiger charge is 2.34. The monoisotopic (exact) mass is 351 g/mol. The number of β-amino-alcohol motifs (C(OH)–C–C–N with tert-alkyl or cyclic N) is 1. The third kappa shape index (κ3) is 4.66. The van der Waals surface area contributed by atoms with Crippen molar-refractivity contribution in [1.82, 2.24) is 4.90 Å². The number of hydrogen-bond acceptors (Lipinski definition) is 5. The zero-order valence-electron chi connectivity index (χ0n) is 17.2. The van der Waals surface area contributed by atoms with Gasteiger partial charge in [-0.05, 0) is 43.3 Å². The average molecular weight is 351 g/mol. The van der Waals surface area contributed by atoms with Gasteiger partial charge >= 0.3 is 0 Å². The second kappa shape index (κ2) is 8.88. The third-order valence-electron chi connectivity index (χ3n) is 5.24. The summed E-state index contributed by atoms with van der Waals surface area (Å²) in [5.41, 5.74) is 1.13. The van der Waals surface area contributed by atoms with Crippen molar-refractivity contribution < 1.29 is 22.1 Å². The van der Waals surface area contributed by atoms with E-state index in [1.54, 1.807) is 14.2 Å². The van der Waals surface area contributed by atoms with E-state index in [2.05, 4.69) is 4.90 Å². The summed E-state index contributed by atoms with van der Waals surface area (Å²) in [7, 11) is 3.26. The Morgan fingerprint density at radius 2 is 2.00 bits per heavy atom. The first kappa shape index (κ1) is 15.9. The lowest BCUT2D eigenvalue weighted by atomic mass is 9.91. The molecule has 0 amide bonds. The molecule has 5 nitrogen and oxygen atoms in total. The van der Waals surface area contributed by atoms with Crippen LogP contribution in [-0.2, 0) is 11.2 Å². The van der Waals surface area contributed by atoms with Crippen LogP contribution in [0.4, 0.5) is 0 Å². The molecule has 0 radical (unpaired) electrons. The number of likely N-dealkylation sites (tertiary alicyclic amines) is 1. The Kier molecular flexibility index (Phi) is 5.65. The van der Waals surface area contributed by atoms with Crippen molar-refractivity contribution in [2.75, 3.05) is 33.9 Å². The fraction of sp³-hybridized carbons (Fsp3) is 0.700. The van der Waals surface area contributed by atoms with Gasteiger partial charge in [0.2, 0.25) is 0 Å². The molecule has 1 aliphatic heterocycles. The maximum absolute atomic E-state index is 9.98. The van der Waals surface area contributed by atoms with E-state index in [9.17, 15) is 5.11 Å². The summed E-state index contributed by atoms with van der Waals surface area (Å²) in [5.74, 6) is 1.44. The molecule has 1 aromatic rings. The summed E-state index contributed by atoms with van der Waals surface area (Å²) in [5, 5.41) is 9.98. The van der Waals surface area contributed by atoms with Crippen LogP contribution in [0.1, 0.15) is 40.4 Å². The van der Waals surface area contributed by atoms with Crippen molar-refractivity contribution in [3.63, 3.8) is 0 Å². The van der Waals surface area contributed by atoms with E-state index < -0.39 is 12.5 Å². The number of benzene rings is 1. The van der Waals surface area contributed by atoms with Crippen molar-refractivity contribution in [1.29, 1.82) is 0 Å². The van der Waals surface area contributed by atoms with Gasteiger partial charge < -0.3 is 19.3 Å². The highest BCUT2D eigenvalue weighted by atomic mass is 16.5. The van der Waals surface area contributed by atoms with Crippen molar-refractivity contribution in [3.05, 3.63) is 23.8 Å². The van der Waals surface area contributed by atoms with Crippen molar-refractivity contribution in [2.24, 2.45) is 0 Å². The summed E-state index contributed by atoms with van der Waals surface area (Å²) >= 11 is 0. The molecule has 1 aromatic carbocycles. The SMILES string of the molecule is [2H]C1([2H])CN([C@@H]2CCCCC2OCCc2ccc(OC)c(OC)c2)C[C@@H]1O. The minimum Gasteiger partial charge on any atom is -0.493 e. The van der Waals surface area contributed by atoms with Crippen molar-refractivity contribution >= 4 is 0 Å². The van der Waals surface area contributed by atoms with E-state index in [0.717, 1.165) is 49.2 Å². The lowest BCUT2D eigenvalue weighted by Crippen LogP contribution is -2.46. The highest BCUT2D eigenvalue weighted by molar-refractivity contribution is 5.42. The minimum absolute atomic E-state index is 0.0972.